The standard InChI is InChI=1S/C13H17BrO4/c1-4-8-6-10(18-3)12(15)9(11(8)14)5-7(2)13(16)17/h6-7,15H,4-5H2,1-3H3,(H,16,17). The number of carboxylic acids is 1. The number of benzene rings is 1. The average molecular weight is 317 g/mol. The van der Waals surface area contributed by atoms with E-state index in [0.717, 1.165) is 16.5 Å². The zero-order valence-corrected chi connectivity index (χ0v) is 12.2. The molecule has 0 saturated heterocycles. The Morgan fingerprint density at radius 1 is 1.56 bits per heavy atom. The smallest absolute Gasteiger partial charge is 0.306 e. The summed E-state index contributed by atoms with van der Waals surface area (Å²) in [6.45, 7) is 3.60. The Morgan fingerprint density at radius 3 is 2.61 bits per heavy atom. The van der Waals surface area contributed by atoms with Crippen molar-refractivity contribution in [2.45, 2.75) is 26.7 Å². The number of aromatic hydroxyl groups is 1. The van der Waals surface area contributed by atoms with Crippen LogP contribution in [0, 0.1) is 5.92 Å². The summed E-state index contributed by atoms with van der Waals surface area (Å²) in [5.74, 6) is -1.07. The molecule has 1 atom stereocenters. The molecule has 100 valence electrons. The van der Waals surface area contributed by atoms with Gasteiger partial charge in [0, 0.05) is 10.0 Å². The molecule has 0 aliphatic rings. The van der Waals surface area contributed by atoms with Gasteiger partial charge in [-0.1, -0.05) is 29.8 Å². The van der Waals surface area contributed by atoms with Gasteiger partial charge in [0.25, 0.3) is 0 Å². The summed E-state index contributed by atoms with van der Waals surface area (Å²) in [4.78, 5) is 10.9. The van der Waals surface area contributed by atoms with Gasteiger partial charge in [0.2, 0.25) is 0 Å². The lowest BCUT2D eigenvalue weighted by Crippen LogP contribution is -2.13. The van der Waals surface area contributed by atoms with Crippen molar-refractivity contribution in [3.8, 4) is 11.5 Å². The summed E-state index contributed by atoms with van der Waals surface area (Å²) in [5.41, 5.74) is 1.57. The van der Waals surface area contributed by atoms with Gasteiger partial charge < -0.3 is 14.9 Å². The van der Waals surface area contributed by atoms with Crippen LogP contribution in [-0.2, 0) is 17.6 Å². The fraction of sp³-hybridized carbons (Fsp3) is 0.462. The van der Waals surface area contributed by atoms with Gasteiger partial charge in [-0.2, -0.15) is 0 Å². The fourth-order valence-electron chi connectivity index (χ4n) is 1.73. The molecule has 1 unspecified atom stereocenters. The predicted molar refractivity (Wildman–Crippen MR) is 72.2 cm³/mol. The number of phenols is 1. The lowest BCUT2D eigenvalue weighted by Gasteiger charge is -2.16. The Balaban J connectivity index is 3.27. The molecular weight excluding hydrogens is 300 g/mol. The molecule has 0 aromatic heterocycles. The SMILES string of the molecule is CCc1cc(OC)c(O)c(CC(C)C(=O)O)c1Br. The van der Waals surface area contributed by atoms with Crippen molar-refractivity contribution in [1.29, 1.82) is 0 Å². The minimum Gasteiger partial charge on any atom is -0.504 e. The second kappa shape index (κ2) is 6.09. The quantitative estimate of drug-likeness (QED) is 0.876. The molecular formula is C13H17BrO4. The van der Waals surface area contributed by atoms with E-state index in [4.69, 9.17) is 9.84 Å². The van der Waals surface area contributed by atoms with E-state index in [2.05, 4.69) is 15.9 Å². The minimum absolute atomic E-state index is 0.00896. The summed E-state index contributed by atoms with van der Waals surface area (Å²) >= 11 is 3.42. The van der Waals surface area contributed by atoms with Gasteiger partial charge in [-0.25, -0.2) is 0 Å². The number of carboxylic acid groups (broad SMARTS) is 1. The first-order chi connectivity index (χ1) is 8.42. The number of hydrogen-bond acceptors (Lipinski definition) is 3. The molecule has 5 heteroatoms. The average Bonchev–Trinajstić information content (AvgIpc) is 2.34. The van der Waals surface area contributed by atoms with Gasteiger partial charge >= 0.3 is 5.97 Å². The number of halogens is 1. The van der Waals surface area contributed by atoms with Crippen LogP contribution in [0.5, 0.6) is 11.5 Å². The third-order valence-electron chi connectivity index (χ3n) is 2.90. The lowest BCUT2D eigenvalue weighted by atomic mass is 9.97. The Bertz CT molecular complexity index is 429. The Hall–Kier alpha value is -1.23. The van der Waals surface area contributed by atoms with E-state index in [0.29, 0.717) is 11.3 Å². The third-order valence-corrected chi connectivity index (χ3v) is 3.89. The number of phenolic OH excluding ortho intramolecular Hbond substituents is 1. The van der Waals surface area contributed by atoms with E-state index < -0.39 is 11.9 Å². The monoisotopic (exact) mass is 316 g/mol. The van der Waals surface area contributed by atoms with Gasteiger partial charge in [-0.3, -0.25) is 4.79 Å². The number of carbonyl (C=O) groups is 1. The van der Waals surface area contributed by atoms with Crippen molar-refractivity contribution >= 4 is 21.9 Å². The Kier molecular flexibility index (Phi) is 5.02. The van der Waals surface area contributed by atoms with Crippen molar-refractivity contribution in [2.75, 3.05) is 7.11 Å². The summed E-state index contributed by atoms with van der Waals surface area (Å²) in [6, 6.07) is 1.76. The molecule has 0 aliphatic heterocycles. The largest absolute Gasteiger partial charge is 0.504 e. The summed E-state index contributed by atoms with van der Waals surface area (Å²) in [5, 5.41) is 19.0. The molecule has 1 rings (SSSR count). The molecule has 18 heavy (non-hydrogen) atoms. The van der Waals surface area contributed by atoms with Crippen LogP contribution in [0.1, 0.15) is 25.0 Å². The van der Waals surface area contributed by atoms with Crippen molar-refractivity contribution in [2.24, 2.45) is 5.92 Å². The van der Waals surface area contributed by atoms with Crippen LogP contribution in [-0.4, -0.2) is 23.3 Å². The second-order valence-corrected chi connectivity index (χ2v) is 4.97. The molecule has 0 fully saturated rings. The van der Waals surface area contributed by atoms with Crippen LogP contribution in [0.25, 0.3) is 0 Å². The highest BCUT2D eigenvalue weighted by atomic mass is 79.9. The van der Waals surface area contributed by atoms with Crippen LogP contribution in [0.3, 0.4) is 0 Å². The van der Waals surface area contributed by atoms with E-state index in [1.807, 2.05) is 6.92 Å². The molecule has 0 radical (unpaired) electrons. The van der Waals surface area contributed by atoms with Gasteiger partial charge in [0.15, 0.2) is 11.5 Å². The van der Waals surface area contributed by atoms with E-state index >= 15 is 0 Å². The van der Waals surface area contributed by atoms with Crippen LogP contribution in [0.2, 0.25) is 0 Å². The van der Waals surface area contributed by atoms with E-state index in [9.17, 15) is 9.90 Å². The third kappa shape index (κ3) is 2.96. The highest BCUT2D eigenvalue weighted by Gasteiger charge is 2.20. The Morgan fingerprint density at radius 2 is 2.17 bits per heavy atom. The number of aliphatic carboxylic acids is 1. The highest BCUT2D eigenvalue weighted by Crippen LogP contribution is 2.39. The molecule has 4 nitrogen and oxygen atoms in total. The van der Waals surface area contributed by atoms with Crippen molar-refractivity contribution in [1.82, 2.24) is 0 Å². The van der Waals surface area contributed by atoms with Crippen LogP contribution in [0.4, 0.5) is 0 Å². The number of ether oxygens (including phenoxy) is 1. The number of hydrogen-bond donors (Lipinski definition) is 2. The highest BCUT2D eigenvalue weighted by molar-refractivity contribution is 9.10. The van der Waals surface area contributed by atoms with Crippen molar-refractivity contribution < 1.29 is 19.7 Å². The lowest BCUT2D eigenvalue weighted by molar-refractivity contribution is -0.141. The molecule has 2 N–H and O–H groups in total. The number of methoxy groups -OCH3 is 1. The van der Waals surface area contributed by atoms with Crippen LogP contribution < -0.4 is 4.74 Å². The molecule has 0 heterocycles. The molecule has 1 aromatic rings. The van der Waals surface area contributed by atoms with Crippen molar-refractivity contribution in [3.63, 3.8) is 0 Å². The number of aryl methyl sites for hydroxylation is 1. The van der Waals surface area contributed by atoms with Gasteiger partial charge in [0.1, 0.15) is 0 Å². The normalized spacial score (nSPS) is 12.2. The van der Waals surface area contributed by atoms with Gasteiger partial charge in [-0.15, -0.1) is 0 Å². The molecule has 0 aliphatic carbocycles. The van der Waals surface area contributed by atoms with Crippen molar-refractivity contribution in [3.05, 3.63) is 21.7 Å². The molecule has 0 saturated carbocycles. The molecule has 0 spiro atoms. The zero-order valence-electron chi connectivity index (χ0n) is 10.7. The maximum atomic E-state index is 10.9. The van der Waals surface area contributed by atoms with Gasteiger partial charge in [-0.05, 0) is 24.5 Å². The van der Waals surface area contributed by atoms with Crippen LogP contribution >= 0.6 is 15.9 Å². The second-order valence-electron chi connectivity index (χ2n) is 4.18. The topological polar surface area (TPSA) is 66.8 Å². The summed E-state index contributed by atoms with van der Waals surface area (Å²) < 4.78 is 5.87. The van der Waals surface area contributed by atoms with Gasteiger partial charge in [0.05, 0.1) is 13.0 Å². The summed E-state index contributed by atoms with van der Waals surface area (Å²) in [6.07, 6.45) is 1.03. The zero-order chi connectivity index (χ0) is 13.9. The number of rotatable bonds is 5. The maximum Gasteiger partial charge on any atom is 0.306 e. The Labute approximate surface area is 115 Å². The maximum absolute atomic E-state index is 10.9. The predicted octanol–water partition coefficient (Wildman–Crippen LogP) is 2.99. The molecule has 0 bridgehead atoms. The first kappa shape index (κ1) is 14.8. The molecule has 1 aromatic carbocycles. The minimum atomic E-state index is -0.887. The first-order valence-corrected chi connectivity index (χ1v) is 6.51. The van der Waals surface area contributed by atoms with Crippen LogP contribution in [0.15, 0.2) is 10.5 Å². The van der Waals surface area contributed by atoms with E-state index in [-0.39, 0.29) is 12.2 Å². The van der Waals surface area contributed by atoms with E-state index in [1.54, 1.807) is 13.0 Å². The first-order valence-electron chi connectivity index (χ1n) is 5.72. The summed E-state index contributed by atoms with van der Waals surface area (Å²) in [7, 11) is 1.48. The molecule has 0 amide bonds. The fourth-order valence-corrected chi connectivity index (χ4v) is 2.47. The van der Waals surface area contributed by atoms with E-state index in [1.165, 1.54) is 7.11 Å².